The first kappa shape index (κ1) is 16.0. The molecule has 1 amide bonds. The second-order valence-electron chi connectivity index (χ2n) is 5.50. The number of nitriles is 1. The highest BCUT2D eigenvalue weighted by atomic mass is 16.2. The van der Waals surface area contributed by atoms with Gasteiger partial charge in [-0.1, -0.05) is 19.9 Å². The second-order valence-corrected chi connectivity index (χ2v) is 5.50. The predicted molar refractivity (Wildman–Crippen MR) is 81.7 cm³/mol. The first-order valence-electron chi connectivity index (χ1n) is 6.89. The molecule has 20 heavy (non-hydrogen) atoms. The van der Waals surface area contributed by atoms with Crippen LogP contribution in [0.3, 0.4) is 0 Å². The van der Waals surface area contributed by atoms with Gasteiger partial charge in [-0.2, -0.15) is 5.26 Å². The average Bonchev–Trinajstić information content (AvgIpc) is 2.42. The molecule has 4 heteroatoms. The third kappa shape index (κ3) is 4.58. The Morgan fingerprint density at radius 3 is 2.60 bits per heavy atom. The molecule has 0 N–H and O–H groups in total. The Balaban J connectivity index is 2.93. The summed E-state index contributed by atoms with van der Waals surface area (Å²) in [4.78, 5) is 16.3. The molecule has 1 aromatic rings. The van der Waals surface area contributed by atoms with Crippen molar-refractivity contribution < 1.29 is 4.79 Å². The van der Waals surface area contributed by atoms with Crippen LogP contribution in [0.25, 0.3) is 0 Å². The van der Waals surface area contributed by atoms with Crippen molar-refractivity contribution in [2.45, 2.75) is 20.3 Å². The maximum absolute atomic E-state index is 12.6. The molecule has 0 heterocycles. The standard InChI is InChI=1S/C16H23N3O/c1-13(2)12-19(10-6-9-17)16(20)14-7-5-8-15(11-14)18(3)4/h5,7-8,11,13H,6,10,12H2,1-4H3. The predicted octanol–water partition coefficient (Wildman–Crippen LogP) is 2.76. The number of rotatable bonds is 6. The van der Waals surface area contributed by atoms with Gasteiger partial charge in [0.15, 0.2) is 0 Å². The van der Waals surface area contributed by atoms with Crippen molar-refractivity contribution in [3.63, 3.8) is 0 Å². The zero-order chi connectivity index (χ0) is 15.1. The van der Waals surface area contributed by atoms with Crippen LogP contribution in [0.4, 0.5) is 5.69 Å². The van der Waals surface area contributed by atoms with Crippen LogP contribution >= 0.6 is 0 Å². The minimum atomic E-state index is -0.00218. The van der Waals surface area contributed by atoms with E-state index in [-0.39, 0.29) is 5.91 Å². The van der Waals surface area contributed by atoms with Crippen LogP contribution in [-0.2, 0) is 0 Å². The van der Waals surface area contributed by atoms with Crippen molar-refractivity contribution in [1.82, 2.24) is 4.90 Å². The number of carbonyl (C=O) groups is 1. The molecule has 1 aromatic carbocycles. The molecule has 108 valence electrons. The van der Waals surface area contributed by atoms with E-state index < -0.39 is 0 Å². The molecule has 0 atom stereocenters. The zero-order valence-electron chi connectivity index (χ0n) is 12.8. The van der Waals surface area contributed by atoms with Gasteiger partial charge < -0.3 is 9.80 Å². The van der Waals surface area contributed by atoms with Crippen molar-refractivity contribution in [2.75, 3.05) is 32.1 Å². The summed E-state index contributed by atoms with van der Waals surface area (Å²) in [5, 5.41) is 8.72. The normalized spacial score (nSPS) is 10.2. The van der Waals surface area contributed by atoms with Crippen LogP contribution in [0.1, 0.15) is 30.6 Å². The summed E-state index contributed by atoms with van der Waals surface area (Å²) in [5.41, 5.74) is 1.68. The summed E-state index contributed by atoms with van der Waals surface area (Å²) in [6.07, 6.45) is 0.367. The Morgan fingerprint density at radius 1 is 1.35 bits per heavy atom. The maximum atomic E-state index is 12.6. The SMILES string of the molecule is CC(C)CN(CCC#N)C(=O)c1cccc(N(C)C)c1. The molecule has 0 radical (unpaired) electrons. The zero-order valence-corrected chi connectivity index (χ0v) is 12.8. The lowest BCUT2D eigenvalue weighted by Crippen LogP contribution is -2.35. The number of amides is 1. The van der Waals surface area contributed by atoms with E-state index in [0.717, 1.165) is 5.69 Å². The molecule has 0 bridgehead atoms. The van der Waals surface area contributed by atoms with E-state index in [1.807, 2.05) is 43.3 Å². The van der Waals surface area contributed by atoms with Crippen LogP contribution in [-0.4, -0.2) is 38.0 Å². The Kier molecular flexibility index (Phi) is 6.05. The number of carbonyl (C=O) groups excluding carboxylic acids is 1. The van der Waals surface area contributed by atoms with Crippen molar-refractivity contribution in [2.24, 2.45) is 5.92 Å². The molecule has 1 rings (SSSR count). The van der Waals surface area contributed by atoms with Crippen LogP contribution in [0.5, 0.6) is 0 Å². The molecule has 0 aliphatic rings. The second kappa shape index (κ2) is 7.54. The van der Waals surface area contributed by atoms with E-state index in [1.165, 1.54) is 0 Å². The number of hydrogen-bond donors (Lipinski definition) is 0. The molecule has 0 saturated carbocycles. The van der Waals surface area contributed by atoms with Crippen molar-refractivity contribution in [1.29, 1.82) is 5.26 Å². The molecule has 0 saturated heterocycles. The summed E-state index contributed by atoms with van der Waals surface area (Å²) in [6.45, 7) is 5.30. The minimum absolute atomic E-state index is 0.00218. The van der Waals surface area contributed by atoms with Crippen LogP contribution in [0, 0.1) is 17.2 Å². The summed E-state index contributed by atoms with van der Waals surface area (Å²) in [7, 11) is 3.90. The molecule has 0 unspecified atom stereocenters. The van der Waals surface area contributed by atoms with Gasteiger partial charge in [-0.15, -0.1) is 0 Å². The van der Waals surface area contributed by atoms with E-state index in [2.05, 4.69) is 19.9 Å². The van der Waals surface area contributed by atoms with Crippen molar-refractivity contribution in [3.05, 3.63) is 29.8 Å². The first-order chi connectivity index (χ1) is 9.45. The third-order valence-electron chi connectivity index (χ3n) is 2.98. The molecule has 4 nitrogen and oxygen atoms in total. The first-order valence-corrected chi connectivity index (χ1v) is 6.89. The highest BCUT2D eigenvalue weighted by molar-refractivity contribution is 5.95. The Hall–Kier alpha value is -2.02. The quantitative estimate of drug-likeness (QED) is 0.800. The van der Waals surface area contributed by atoms with E-state index >= 15 is 0 Å². The van der Waals surface area contributed by atoms with Gasteiger partial charge in [-0.05, 0) is 24.1 Å². The fourth-order valence-electron chi connectivity index (χ4n) is 2.00. The van der Waals surface area contributed by atoms with Gasteiger partial charge in [-0.3, -0.25) is 4.79 Å². The van der Waals surface area contributed by atoms with Crippen molar-refractivity contribution >= 4 is 11.6 Å². The Morgan fingerprint density at radius 2 is 2.05 bits per heavy atom. The molecule has 0 aliphatic heterocycles. The fourth-order valence-corrected chi connectivity index (χ4v) is 2.00. The lowest BCUT2D eigenvalue weighted by atomic mass is 10.1. The number of anilines is 1. The van der Waals surface area contributed by atoms with Gasteiger partial charge in [0, 0.05) is 38.4 Å². The monoisotopic (exact) mass is 273 g/mol. The van der Waals surface area contributed by atoms with E-state index in [4.69, 9.17) is 5.26 Å². The largest absolute Gasteiger partial charge is 0.378 e. The minimum Gasteiger partial charge on any atom is -0.378 e. The maximum Gasteiger partial charge on any atom is 0.253 e. The Bertz CT molecular complexity index is 489. The lowest BCUT2D eigenvalue weighted by molar-refractivity contribution is 0.0740. The summed E-state index contributed by atoms with van der Waals surface area (Å²) in [5.74, 6) is 0.382. The topological polar surface area (TPSA) is 47.3 Å². The van der Waals surface area contributed by atoms with Gasteiger partial charge in [0.05, 0.1) is 12.5 Å². The van der Waals surface area contributed by atoms with Crippen LogP contribution < -0.4 is 4.90 Å². The van der Waals surface area contributed by atoms with Gasteiger partial charge in [0.2, 0.25) is 0 Å². The molecule has 0 fully saturated rings. The highest BCUT2D eigenvalue weighted by Crippen LogP contribution is 2.16. The van der Waals surface area contributed by atoms with E-state index in [0.29, 0.717) is 31.0 Å². The number of benzene rings is 1. The van der Waals surface area contributed by atoms with Gasteiger partial charge in [0.1, 0.15) is 0 Å². The molecular weight excluding hydrogens is 250 g/mol. The molecule has 0 spiro atoms. The lowest BCUT2D eigenvalue weighted by Gasteiger charge is -2.24. The smallest absolute Gasteiger partial charge is 0.253 e. The van der Waals surface area contributed by atoms with Crippen molar-refractivity contribution in [3.8, 4) is 6.07 Å². The average molecular weight is 273 g/mol. The number of hydrogen-bond acceptors (Lipinski definition) is 3. The summed E-state index contributed by atoms with van der Waals surface area (Å²) >= 11 is 0. The van der Waals surface area contributed by atoms with Gasteiger partial charge in [-0.25, -0.2) is 0 Å². The molecular formula is C16H23N3O. The van der Waals surface area contributed by atoms with Crippen LogP contribution in [0.2, 0.25) is 0 Å². The molecule has 0 aromatic heterocycles. The van der Waals surface area contributed by atoms with Crippen LogP contribution in [0.15, 0.2) is 24.3 Å². The van der Waals surface area contributed by atoms with Gasteiger partial charge in [0.25, 0.3) is 5.91 Å². The molecule has 0 aliphatic carbocycles. The van der Waals surface area contributed by atoms with E-state index in [1.54, 1.807) is 4.90 Å². The van der Waals surface area contributed by atoms with Gasteiger partial charge >= 0.3 is 0 Å². The fraction of sp³-hybridized carbons (Fsp3) is 0.500. The summed E-state index contributed by atoms with van der Waals surface area (Å²) in [6, 6.07) is 9.68. The Labute approximate surface area is 121 Å². The third-order valence-corrected chi connectivity index (χ3v) is 2.98. The highest BCUT2D eigenvalue weighted by Gasteiger charge is 2.17. The summed E-state index contributed by atoms with van der Waals surface area (Å²) < 4.78 is 0. The number of nitrogens with zero attached hydrogens (tertiary/aromatic N) is 3. The van der Waals surface area contributed by atoms with E-state index in [9.17, 15) is 4.79 Å².